The molecule has 0 atom stereocenters. The molecule has 5 heteroatoms. The molecule has 17 heavy (non-hydrogen) atoms. The molecule has 3 aromatic heterocycles. The number of imidazole rings is 1. The Labute approximate surface area is 98.5 Å². The molecule has 0 spiro atoms. The van der Waals surface area contributed by atoms with Gasteiger partial charge in [0.1, 0.15) is 5.65 Å². The van der Waals surface area contributed by atoms with Crippen molar-refractivity contribution < 1.29 is 0 Å². The number of hydrogen-bond donors (Lipinski definition) is 1. The molecule has 0 fully saturated rings. The van der Waals surface area contributed by atoms with Crippen LogP contribution in [0.25, 0.3) is 11.5 Å². The molecule has 3 aromatic rings. The van der Waals surface area contributed by atoms with Crippen LogP contribution < -0.4 is 5.73 Å². The van der Waals surface area contributed by atoms with E-state index in [9.17, 15) is 0 Å². The first-order valence-corrected chi connectivity index (χ1v) is 5.48. The summed E-state index contributed by atoms with van der Waals surface area (Å²) in [7, 11) is 0. The number of pyridine rings is 1. The number of nitrogens with two attached hydrogens (primary N) is 1. The highest BCUT2D eigenvalue weighted by Gasteiger charge is 2.12. The van der Waals surface area contributed by atoms with Crippen LogP contribution in [0.15, 0.2) is 36.7 Å². The fraction of sp³-hybridized carbons (Fsp3) is 0.167. The molecule has 3 heterocycles. The molecule has 0 bridgehead atoms. The third-order valence-corrected chi connectivity index (χ3v) is 2.74. The summed E-state index contributed by atoms with van der Waals surface area (Å²) < 4.78 is 3.76. The van der Waals surface area contributed by atoms with Crippen molar-refractivity contribution in [1.29, 1.82) is 0 Å². The third-order valence-electron chi connectivity index (χ3n) is 2.74. The highest BCUT2D eigenvalue weighted by atomic mass is 15.3. The maximum Gasteiger partial charge on any atom is 0.176 e. The predicted molar refractivity (Wildman–Crippen MR) is 64.9 cm³/mol. The normalized spacial score (nSPS) is 11.2. The van der Waals surface area contributed by atoms with E-state index in [-0.39, 0.29) is 0 Å². The molecule has 0 aromatic carbocycles. The molecule has 0 aliphatic rings. The first-order chi connectivity index (χ1) is 8.29. The zero-order valence-electron chi connectivity index (χ0n) is 9.54. The Bertz CT molecular complexity index is 664. The molecule has 0 saturated heterocycles. The molecular weight excluding hydrogens is 214 g/mol. The lowest BCUT2D eigenvalue weighted by atomic mass is 10.4. The molecule has 0 aliphatic carbocycles. The van der Waals surface area contributed by atoms with Gasteiger partial charge in [-0.2, -0.15) is 5.10 Å². The van der Waals surface area contributed by atoms with Crippen LogP contribution in [-0.4, -0.2) is 19.2 Å². The zero-order valence-corrected chi connectivity index (χ0v) is 9.54. The van der Waals surface area contributed by atoms with Crippen molar-refractivity contribution in [1.82, 2.24) is 19.2 Å². The van der Waals surface area contributed by atoms with Crippen molar-refractivity contribution in [3.8, 4) is 5.82 Å². The summed E-state index contributed by atoms with van der Waals surface area (Å²) in [6.45, 7) is 2.38. The van der Waals surface area contributed by atoms with Crippen molar-refractivity contribution in [2.75, 3.05) is 0 Å². The van der Waals surface area contributed by atoms with Crippen LogP contribution in [0.4, 0.5) is 0 Å². The van der Waals surface area contributed by atoms with E-state index in [1.807, 2.05) is 48.0 Å². The van der Waals surface area contributed by atoms with Crippen LogP contribution in [-0.2, 0) is 6.54 Å². The summed E-state index contributed by atoms with van der Waals surface area (Å²) in [5, 5.41) is 4.37. The topological polar surface area (TPSA) is 61.1 Å². The highest BCUT2D eigenvalue weighted by molar-refractivity contribution is 5.48. The van der Waals surface area contributed by atoms with Crippen LogP contribution in [0.1, 0.15) is 11.4 Å². The second-order valence-electron chi connectivity index (χ2n) is 3.92. The van der Waals surface area contributed by atoms with Crippen molar-refractivity contribution in [3.63, 3.8) is 0 Å². The largest absolute Gasteiger partial charge is 0.325 e. The lowest BCUT2D eigenvalue weighted by Gasteiger charge is -2.01. The Balaban J connectivity index is 2.29. The maximum absolute atomic E-state index is 5.80. The van der Waals surface area contributed by atoms with E-state index in [0.717, 1.165) is 22.9 Å². The van der Waals surface area contributed by atoms with Gasteiger partial charge in [-0.05, 0) is 25.1 Å². The smallest absolute Gasteiger partial charge is 0.176 e. The van der Waals surface area contributed by atoms with Gasteiger partial charge in [0.05, 0.1) is 11.4 Å². The molecule has 0 unspecified atom stereocenters. The van der Waals surface area contributed by atoms with Crippen LogP contribution in [0.5, 0.6) is 0 Å². The Morgan fingerprint density at radius 2 is 2.12 bits per heavy atom. The van der Waals surface area contributed by atoms with Gasteiger partial charge in [-0.1, -0.05) is 6.07 Å². The average molecular weight is 227 g/mol. The number of nitrogens with zero attached hydrogens (tertiary/aromatic N) is 4. The number of aromatic nitrogens is 4. The van der Waals surface area contributed by atoms with Crippen LogP contribution in [0.2, 0.25) is 0 Å². The molecule has 0 radical (unpaired) electrons. The van der Waals surface area contributed by atoms with Crippen LogP contribution in [0.3, 0.4) is 0 Å². The number of aryl methyl sites for hydroxylation is 1. The fourth-order valence-corrected chi connectivity index (χ4v) is 1.94. The molecule has 5 nitrogen and oxygen atoms in total. The van der Waals surface area contributed by atoms with Gasteiger partial charge in [-0.15, -0.1) is 0 Å². The van der Waals surface area contributed by atoms with Gasteiger partial charge in [0.25, 0.3) is 0 Å². The molecule has 0 aliphatic heterocycles. The van der Waals surface area contributed by atoms with E-state index in [1.165, 1.54) is 0 Å². The average Bonchev–Trinajstić information content (AvgIpc) is 2.91. The van der Waals surface area contributed by atoms with E-state index >= 15 is 0 Å². The van der Waals surface area contributed by atoms with Gasteiger partial charge >= 0.3 is 0 Å². The number of fused-ring (bicyclic) bond motifs is 1. The van der Waals surface area contributed by atoms with E-state index in [1.54, 1.807) is 4.68 Å². The third kappa shape index (κ3) is 1.52. The quantitative estimate of drug-likeness (QED) is 0.717. The highest BCUT2D eigenvalue weighted by Crippen LogP contribution is 2.15. The summed E-state index contributed by atoms with van der Waals surface area (Å²) in [6, 6.07) is 7.83. The number of rotatable bonds is 2. The van der Waals surface area contributed by atoms with Crippen LogP contribution >= 0.6 is 0 Å². The summed E-state index contributed by atoms with van der Waals surface area (Å²) in [4.78, 5) is 4.55. The molecule has 3 rings (SSSR count). The Morgan fingerprint density at radius 1 is 1.24 bits per heavy atom. The lowest BCUT2D eigenvalue weighted by Crippen LogP contribution is -2.06. The molecule has 2 N–H and O–H groups in total. The second-order valence-corrected chi connectivity index (χ2v) is 3.92. The SMILES string of the molecule is Cc1ccn(-c2nc3ccccn3c2CN)n1. The Hall–Kier alpha value is -2.14. The van der Waals surface area contributed by atoms with Crippen molar-refractivity contribution in [3.05, 3.63) is 48.0 Å². The minimum Gasteiger partial charge on any atom is -0.325 e. The van der Waals surface area contributed by atoms with Crippen molar-refractivity contribution in [2.45, 2.75) is 13.5 Å². The second kappa shape index (κ2) is 3.71. The van der Waals surface area contributed by atoms with E-state index in [0.29, 0.717) is 6.54 Å². The van der Waals surface area contributed by atoms with Gasteiger partial charge in [-0.25, -0.2) is 9.67 Å². The van der Waals surface area contributed by atoms with Crippen molar-refractivity contribution in [2.24, 2.45) is 5.73 Å². The fourth-order valence-electron chi connectivity index (χ4n) is 1.94. The molecule has 0 amide bonds. The Kier molecular flexibility index (Phi) is 2.19. The van der Waals surface area contributed by atoms with Crippen molar-refractivity contribution >= 4 is 5.65 Å². The van der Waals surface area contributed by atoms with E-state index < -0.39 is 0 Å². The standard InChI is InChI=1S/C12H13N5/c1-9-5-7-17(15-9)12-10(8-13)16-6-3-2-4-11(16)14-12/h2-7H,8,13H2,1H3. The summed E-state index contributed by atoms with van der Waals surface area (Å²) in [6.07, 6.45) is 3.86. The van der Waals surface area contributed by atoms with E-state index in [4.69, 9.17) is 5.73 Å². The predicted octanol–water partition coefficient (Wildman–Crippen LogP) is 1.29. The van der Waals surface area contributed by atoms with Gasteiger partial charge in [0.2, 0.25) is 0 Å². The zero-order chi connectivity index (χ0) is 11.8. The Morgan fingerprint density at radius 3 is 2.82 bits per heavy atom. The molecular formula is C12H13N5. The van der Waals surface area contributed by atoms with Gasteiger partial charge < -0.3 is 10.1 Å². The molecule has 0 saturated carbocycles. The first-order valence-electron chi connectivity index (χ1n) is 5.48. The van der Waals surface area contributed by atoms with Gasteiger partial charge in [-0.3, -0.25) is 0 Å². The maximum atomic E-state index is 5.80. The summed E-state index contributed by atoms with van der Waals surface area (Å²) in [5.41, 5.74) is 8.61. The first kappa shape index (κ1) is 10.0. The minimum atomic E-state index is 0.430. The van der Waals surface area contributed by atoms with Gasteiger partial charge in [0.15, 0.2) is 5.82 Å². The number of hydrogen-bond acceptors (Lipinski definition) is 3. The van der Waals surface area contributed by atoms with E-state index in [2.05, 4.69) is 10.1 Å². The van der Waals surface area contributed by atoms with Crippen LogP contribution in [0, 0.1) is 6.92 Å². The van der Waals surface area contributed by atoms with Gasteiger partial charge in [0, 0.05) is 18.9 Å². The summed E-state index contributed by atoms with van der Waals surface area (Å²) in [5.74, 6) is 0.798. The monoisotopic (exact) mass is 227 g/mol. The lowest BCUT2D eigenvalue weighted by molar-refractivity contribution is 0.814. The molecule has 86 valence electrons. The summed E-state index contributed by atoms with van der Waals surface area (Å²) >= 11 is 0. The minimum absolute atomic E-state index is 0.430.